The van der Waals surface area contributed by atoms with Crippen molar-refractivity contribution in [1.29, 1.82) is 0 Å². The largest absolute Gasteiger partial charge is 0.368 e. The monoisotopic (exact) mass is 214 g/mol. The van der Waals surface area contributed by atoms with Gasteiger partial charge in [0.2, 0.25) is 5.91 Å². The van der Waals surface area contributed by atoms with E-state index in [-0.39, 0.29) is 0 Å². The van der Waals surface area contributed by atoms with Crippen LogP contribution in [0.25, 0.3) is 0 Å². The summed E-state index contributed by atoms with van der Waals surface area (Å²) in [4.78, 5) is 11.9. The first-order valence-corrected chi connectivity index (χ1v) is 5.10. The number of nitrogens with two attached hydrogens (primary N) is 2. The van der Waals surface area contributed by atoms with Gasteiger partial charge in [0.05, 0.1) is 6.20 Å². The summed E-state index contributed by atoms with van der Waals surface area (Å²) in [6.07, 6.45) is 3.59. The van der Waals surface area contributed by atoms with Gasteiger partial charge in [-0.15, -0.1) is 11.8 Å². The van der Waals surface area contributed by atoms with Crippen LogP contribution in [0.5, 0.6) is 0 Å². The third kappa shape index (κ3) is 2.74. The van der Waals surface area contributed by atoms with Gasteiger partial charge in [0.1, 0.15) is 5.54 Å². The van der Waals surface area contributed by atoms with Crippen LogP contribution in [0, 0.1) is 0 Å². The normalized spacial score (nSPS) is 15.1. The van der Waals surface area contributed by atoms with E-state index in [4.69, 9.17) is 11.5 Å². The van der Waals surface area contributed by atoms with Gasteiger partial charge in [-0.3, -0.25) is 9.48 Å². The van der Waals surface area contributed by atoms with Crippen molar-refractivity contribution in [3.05, 3.63) is 12.4 Å². The minimum absolute atomic E-state index is 0.452. The Morgan fingerprint density at radius 2 is 2.43 bits per heavy atom. The standard InChI is InChI=1S/C8H14N4OS/c1-8(10,7(9)13)5-14-6-3-11-12(2)4-6/h3-4H,5,10H2,1-2H3,(H2,9,13). The second kappa shape index (κ2) is 4.02. The molecule has 0 fully saturated rings. The molecule has 0 aromatic carbocycles. The molecule has 1 aromatic rings. The zero-order valence-electron chi connectivity index (χ0n) is 8.23. The van der Waals surface area contributed by atoms with E-state index < -0.39 is 11.4 Å². The molecular formula is C8H14N4OS. The summed E-state index contributed by atoms with van der Waals surface area (Å²) in [5, 5.41) is 4.00. The number of rotatable bonds is 4. The van der Waals surface area contributed by atoms with Crippen molar-refractivity contribution in [1.82, 2.24) is 9.78 Å². The molecule has 14 heavy (non-hydrogen) atoms. The van der Waals surface area contributed by atoms with Crippen LogP contribution >= 0.6 is 11.8 Å². The maximum atomic E-state index is 10.9. The number of aryl methyl sites for hydroxylation is 1. The fourth-order valence-corrected chi connectivity index (χ4v) is 1.74. The number of nitrogens with zero attached hydrogens (tertiary/aromatic N) is 2. The van der Waals surface area contributed by atoms with Gasteiger partial charge in [-0.1, -0.05) is 0 Å². The molecule has 1 aromatic heterocycles. The van der Waals surface area contributed by atoms with E-state index in [0.29, 0.717) is 5.75 Å². The van der Waals surface area contributed by atoms with E-state index in [0.717, 1.165) is 4.90 Å². The summed E-state index contributed by atoms with van der Waals surface area (Å²) in [6, 6.07) is 0. The second-order valence-electron chi connectivity index (χ2n) is 3.42. The van der Waals surface area contributed by atoms with E-state index in [9.17, 15) is 4.79 Å². The number of carbonyl (C=O) groups excluding carboxylic acids is 1. The van der Waals surface area contributed by atoms with Crippen molar-refractivity contribution in [3.8, 4) is 0 Å². The summed E-state index contributed by atoms with van der Waals surface area (Å²) in [6.45, 7) is 1.62. The molecule has 0 radical (unpaired) electrons. The molecule has 1 unspecified atom stereocenters. The lowest BCUT2D eigenvalue weighted by Crippen LogP contribution is -2.51. The predicted octanol–water partition coefficient (Wildman–Crippen LogP) is -0.285. The van der Waals surface area contributed by atoms with Crippen LogP contribution in [0.3, 0.4) is 0 Å². The van der Waals surface area contributed by atoms with Crippen molar-refractivity contribution in [2.75, 3.05) is 5.75 Å². The lowest BCUT2D eigenvalue weighted by Gasteiger charge is -2.18. The summed E-state index contributed by atoms with van der Waals surface area (Å²) in [5.74, 6) is -0.0394. The smallest absolute Gasteiger partial charge is 0.238 e. The van der Waals surface area contributed by atoms with Gasteiger partial charge in [-0.05, 0) is 6.92 Å². The predicted molar refractivity (Wildman–Crippen MR) is 55.7 cm³/mol. The third-order valence-corrected chi connectivity index (χ3v) is 3.07. The quantitative estimate of drug-likeness (QED) is 0.675. The first-order valence-electron chi connectivity index (χ1n) is 4.12. The Balaban J connectivity index is 2.52. The molecule has 0 saturated heterocycles. The van der Waals surface area contributed by atoms with Crippen molar-refractivity contribution < 1.29 is 4.79 Å². The molecule has 6 heteroatoms. The Labute approximate surface area is 86.8 Å². The van der Waals surface area contributed by atoms with Gasteiger partial charge in [0.15, 0.2) is 0 Å². The van der Waals surface area contributed by atoms with E-state index in [2.05, 4.69) is 5.10 Å². The molecule has 5 nitrogen and oxygen atoms in total. The minimum Gasteiger partial charge on any atom is -0.368 e. The fourth-order valence-electron chi connectivity index (χ4n) is 0.778. The Hall–Kier alpha value is -1.01. The van der Waals surface area contributed by atoms with Gasteiger partial charge in [0, 0.05) is 23.9 Å². The number of hydrogen-bond donors (Lipinski definition) is 2. The average Bonchev–Trinajstić information content (AvgIpc) is 2.48. The number of amides is 1. The maximum Gasteiger partial charge on any atom is 0.238 e. The van der Waals surface area contributed by atoms with Crippen molar-refractivity contribution in [3.63, 3.8) is 0 Å². The fraction of sp³-hybridized carbons (Fsp3) is 0.500. The Bertz CT molecular complexity index is 334. The lowest BCUT2D eigenvalue weighted by atomic mass is 10.1. The molecule has 1 atom stereocenters. The molecular weight excluding hydrogens is 200 g/mol. The highest BCUT2D eigenvalue weighted by atomic mass is 32.2. The van der Waals surface area contributed by atoms with Crippen molar-refractivity contribution in [2.24, 2.45) is 18.5 Å². The highest BCUT2D eigenvalue weighted by Gasteiger charge is 2.25. The summed E-state index contributed by atoms with van der Waals surface area (Å²) in [5.41, 5.74) is 9.86. The van der Waals surface area contributed by atoms with Crippen LogP contribution in [-0.4, -0.2) is 27.0 Å². The van der Waals surface area contributed by atoms with Gasteiger partial charge >= 0.3 is 0 Å². The van der Waals surface area contributed by atoms with Crippen molar-refractivity contribution in [2.45, 2.75) is 17.4 Å². The van der Waals surface area contributed by atoms with E-state index in [1.54, 1.807) is 17.8 Å². The topological polar surface area (TPSA) is 86.9 Å². The highest BCUT2D eigenvalue weighted by Crippen LogP contribution is 2.20. The third-order valence-electron chi connectivity index (χ3n) is 1.78. The van der Waals surface area contributed by atoms with Gasteiger partial charge < -0.3 is 11.5 Å². The molecule has 1 heterocycles. The molecule has 0 aliphatic heterocycles. The van der Waals surface area contributed by atoms with E-state index in [1.807, 2.05) is 13.2 Å². The van der Waals surface area contributed by atoms with E-state index >= 15 is 0 Å². The Kier molecular flexibility index (Phi) is 3.17. The van der Waals surface area contributed by atoms with Gasteiger partial charge in [-0.2, -0.15) is 5.10 Å². The number of thioether (sulfide) groups is 1. The number of carbonyl (C=O) groups is 1. The Morgan fingerprint density at radius 3 is 2.86 bits per heavy atom. The molecule has 4 N–H and O–H groups in total. The van der Waals surface area contributed by atoms with Crippen LogP contribution < -0.4 is 11.5 Å². The maximum absolute atomic E-state index is 10.9. The first kappa shape index (κ1) is 11.1. The van der Waals surface area contributed by atoms with Gasteiger partial charge in [-0.25, -0.2) is 0 Å². The minimum atomic E-state index is -0.972. The molecule has 0 aliphatic rings. The summed E-state index contributed by atoms with van der Waals surface area (Å²) in [7, 11) is 1.83. The zero-order chi connectivity index (χ0) is 10.8. The molecule has 0 aliphatic carbocycles. The molecule has 0 saturated carbocycles. The average molecular weight is 214 g/mol. The van der Waals surface area contributed by atoms with Crippen molar-refractivity contribution >= 4 is 17.7 Å². The molecule has 0 bridgehead atoms. The second-order valence-corrected chi connectivity index (χ2v) is 4.47. The van der Waals surface area contributed by atoms with Crippen LogP contribution in [0.15, 0.2) is 17.3 Å². The molecule has 1 amide bonds. The summed E-state index contributed by atoms with van der Waals surface area (Å²) < 4.78 is 1.69. The highest BCUT2D eigenvalue weighted by molar-refractivity contribution is 7.99. The molecule has 1 rings (SSSR count). The Morgan fingerprint density at radius 1 is 1.79 bits per heavy atom. The SMILES string of the molecule is Cn1cc(SCC(C)(N)C(N)=O)cn1. The van der Waals surface area contributed by atoms with Crippen LogP contribution in [0.1, 0.15) is 6.92 Å². The molecule has 0 spiro atoms. The van der Waals surface area contributed by atoms with Crippen LogP contribution in [-0.2, 0) is 11.8 Å². The lowest BCUT2D eigenvalue weighted by molar-refractivity contribution is -0.121. The number of primary amides is 1. The van der Waals surface area contributed by atoms with Gasteiger partial charge in [0.25, 0.3) is 0 Å². The number of hydrogen-bond acceptors (Lipinski definition) is 4. The first-order chi connectivity index (χ1) is 6.42. The molecule has 78 valence electrons. The van der Waals surface area contributed by atoms with Crippen LogP contribution in [0.4, 0.5) is 0 Å². The van der Waals surface area contributed by atoms with E-state index in [1.165, 1.54) is 11.8 Å². The van der Waals surface area contributed by atoms with Crippen LogP contribution in [0.2, 0.25) is 0 Å². The zero-order valence-corrected chi connectivity index (χ0v) is 9.04. The number of aromatic nitrogens is 2. The summed E-state index contributed by atoms with van der Waals surface area (Å²) >= 11 is 1.47.